The molecule has 0 aliphatic carbocycles. The minimum Gasteiger partial charge on any atom is -0.395 e. The molecule has 0 spiro atoms. The number of fused-ring (bicyclic) bond motifs is 1. The molecule has 3 rings (SSSR count). The number of ether oxygens (including phenoxy) is 2. The van der Waals surface area contributed by atoms with Crippen molar-refractivity contribution in [3.8, 4) is 0 Å². The molecule has 0 radical (unpaired) electrons. The molecule has 0 aromatic rings. The van der Waals surface area contributed by atoms with E-state index in [1.165, 1.54) is 4.90 Å². The van der Waals surface area contributed by atoms with Gasteiger partial charge in [-0.25, -0.2) is 0 Å². The van der Waals surface area contributed by atoms with E-state index >= 15 is 0 Å². The molecule has 3 aliphatic rings. The Morgan fingerprint density at radius 2 is 1.48 bits per heavy atom. The van der Waals surface area contributed by atoms with Crippen molar-refractivity contribution < 1.29 is 50.3 Å². The van der Waals surface area contributed by atoms with Crippen LogP contribution in [0.3, 0.4) is 0 Å². The Hall–Kier alpha value is -0.440. The first-order valence-corrected chi connectivity index (χ1v) is 8.18. The van der Waals surface area contributed by atoms with Crippen LogP contribution >= 0.6 is 0 Å². The van der Waals surface area contributed by atoms with Gasteiger partial charge in [-0.3, -0.25) is 4.90 Å². The monoisotopic (exact) mass is 367 g/mol. The molecule has 3 saturated heterocycles. The Kier molecular flexibility index (Phi) is 5.63. The van der Waals surface area contributed by atoms with Crippen LogP contribution in [0.2, 0.25) is 0 Å². The van der Waals surface area contributed by atoms with Crippen molar-refractivity contribution in [2.24, 2.45) is 0 Å². The zero-order valence-corrected chi connectivity index (χ0v) is 13.3. The highest BCUT2D eigenvalue weighted by Crippen LogP contribution is 2.36. The van der Waals surface area contributed by atoms with Gasteiger partial charge in [-0.1, -0.05) is 0 Å². The van der Waals surface area contributed by atoms with E-state index in [0.717, 1.165) is 0 Å². The molecule has 1 unspecified atom stereocenters. The number of aliphatic hydroxyl groups is 8. The summed E-state index contributed by atoms with van der Waals surface area (Å²) in [4.78, 5) is 1.52. The summed E-state index contributed by atoms with van der Waals surface area (Å²) in [6.45, 7) is -0.987. The largest absolute Gasteiger partial charge is 0.395 e. The molecular weight excluding hydrogens is 342 g/mol. The third kappa shape index (κ3) is 3.09. The molecule has 0 saturated carbocycles. The molecule has 3 aliphatic heterocycles. The quantitative estimate of drug-likeness (QED) is 0.237. The molecule has 0 aromatic carbocycles. The Labute approximate surface area is 143 Å². The second-order valence-corrected chi connectivity index (χ2v) is 6.78. The molecule has 11 heteroatoms. The van der Waals surface area contributed by atoms with E-state index in [0.29, 0.717) is 0 Å². The first-order chi connectivity index (χ1) is 11.8. The molecule has 25 heavy (non-hydrogen) atoms. The van der Waals surface area contributed by atoms with Crippen molar-refractivity contribution in [3.63, 3.8) is 0 Å². The fraction of sp³-hybridized carbons (Fsp3) is 1.00. The molecule has 3 heterocycles. The number of rotatable bonds is 4. The lowest BCUT2D eigenvalue weighted by molar-refractivity contribution is -0.314. The SMILES string of the molecule is OC[C@H]1OC(O[C@H]2CN3[C@H]([C@H]2O)[C@@H](O)[C@H](O)[C@@H]3CO)[C@H](O)[C@@H](O)[C@@H]1O. The summed E-state index contributed by atoms with van der Waals surface area (Å²) in [5.41, 5.74) is 0. The van der Waals surface area contributed by atoms with E-state index in [4.69, 9.17) is 9.47 Å². The Morgan fingerprint density at radius 3 is 2.08 bits per heavy atom. The first kappa shape index (κ1) is 19.3. The van der Waals surface area contributed by atoms with E-state index in [-0.39, 0.29) is 6.54 Å². The van der Waals surface area contributed by atoms with Crippen LogP contribution in [0.25, 0.3) is 0 Å². The maximum absolute atomic E-state index is 10.4. The van der Waals surface area contributed by atoms with Crippen LogP contribution in [0, 0.1) is 0 Å². The lowest BCUT2D eigenvalue weighted by Gasteiger charge is -2.40. The molecule has 11 atom stereocenters. The van der Waals surface area contributed by atoms with Crippen molar-refractivity contribution >= 4 is 0 Å². The fourth-order valence-corrected chi connectivity index (χ4v) is 3.92. The highest BCUT2D eigenvalue weighted by Gasteiger charge is 2.58. The van der Waals surface area contributed by atoms with Gasteiger partial charge in [0.15, 0.2) is 6.29 Å². The molecule has 0 bridgehead atoms. The topological polar surface area (TPSA) is 184 Å². The van der Waals surface area contributed by atoms with Crippen molar-refractivity contribution in [1.29, 1.82) is 0 Å². The second-order valence-electron chi connectivity index (χ2n) is 6.78. The molecule has 11 nitrogen and oxygen atoms in total. The van der Waals surface area contributed by atoms with Crippen LogP contribution in [-0.4, -0.2) is 133 Å². The molecule has 3 fully saturated rings. The van der Waals surface area contributed by atoms with Gasteiger partial charge in [0.2, 0.25) is 0 Å². The van der Waals surface area contributed by atoms with Crippen molar-refractivity contribution in [3.05, 3.63) is 0 Å². The van der Waals surface area contributed by atoms with Gasteiger partial charge in [0.05, 0.1) is 43.6 Å². The number of hydrogen-bond donors (Lipinski definition) is 8. The van der Waals surface area contributed by atoms with Crippen molar-refractivity contribution in [2.45, 2.75) is 67.2 Å². The van der Waals surface area contributed by atoms with Gasteiger partial charge in [0, 0.05) is 6.54 Å². The zero-order valence-electron chi connectivity index (χ0n) is 13.3. The Morgan fingerprint density at radius 1 is 0.800 bits per heavy atom. The summed E-state index contributed by atoms with van der Waals surface area (Å²) in [5.74, 6) is 0. The van der Waals surface area contributed by atoms with Crippen LogP contribution < -0.4 is 0 Å². The highest BCUT2D eigenvalue weighted by molar-refractivity contribution is 5.10. The predicted octanol–water partition coefficient (Wildman–Crippen LogP) is -5.69. The average molecular weight is 367 g/mol. The smallest absolute Gasteiger partial charge is 0.187 e. The van der Waals surface area contributed by atoms with Gasteiger partial charge in [-0.05, 0) is 0 Å². The molecule has 146 valence electrons. The first-order valence-electron chi connectivity index (χ1n) is 8.18. The number of hydrogen-bond acceptors (Lipinski definition) is 11. The van der Waals surface area contributed by atoms with Gasteiger partial charge in [-0.2, -0.15) is 0 Å². The summed E-state index contributed by atoms with van der Waals surface area (Å²) in [6.07, 6.45) is -12.0. The third-order valence-corrected chi connectivity index (χ3v) is 5.37. The summed E-state index contributed by atoms with van der Waals surface area (Å²) < 4.78 is 10.8. The Bertz CT molecular complexity index is 467. The predicted molar refractivity (Wildman–Crippen MR) is 78.0 cm³/mol. The van der Waals surface area contributed by atoms with E-state index in [2.05, 4.69) is 0 Å². The third-order valence-electron chi connectivity index (χ3n) is 5.37. The van der Waals surface area contributed by atoms with Crippen LogP contribution in [0.15, 0.2) is 0 Å². The second kappa shape index (κ2) is 7.29. The average Bonchev–Trinajstić information content (AvgIpc) is 3.03. The van der Waals surface area contributed by atoms with Gasteiger partial charge in [-0.15, -0.1) is 0 Å². The van der Waals surface area contributed by atoms with Crippen LogP contribution in [-0.2, 0) is 9.47 Å². The van der Waals surface area contributed by atoms with Gasteiger partial charge in [0.1, 0.15) is 30.5 Å². The van der Waals surface area contributed by atoms with E-state index < -0.39 is 80.4 Å². The van der Waals surface area contributed by atoms with E-state index in [1.807, 2.05) is 0 Å². The van der Waals surface area contributed by atoms with Gasteiger partial charge >= 0.3 is 0 Å². The normalized spacial score (nSPS) is 54.0. The zero-order chi connectivity index (χ0) is 18.5. The molecular formula is C14H25NO10. The lowest BCUT2D eigenvalue weighted by Crippen LogP contribution is -2.60. The van der Waals surface area contributed by atoms with Gasteiger partial charge < -0.3 is 50.3 Å². The van der Waals surface area contributed by atoms with Gasteiger partial charge in [0.25, 0.3) is 0 Å². The fourth-order valence-electron chi connectivity index (χ4n) is 3.92. The van der Waals surface area contributed by atoms with Crippen LogP contribution in [0.4, 0.5) is 0 Å². The highest BCUT2D eigenvalue weighted by atomic mass is 16.7. The van der Waals surface area contributed by atoms with E-state index in [9.17, 15) is 40.9 Å². The number of nitrogens with zero attached hydrogens (tertiary/aromatic N) is 1. The summed E-state index contributed by atoms with van der Waals surface area (Å²) >= 11 is 0. The maximum atomic E-state index is 10.4. The minimum atomic E-state index is -1.61. The summed E-state index contributed by atoms with van der Waals surface area (Å²) in [6, 6.07) is -1.62. The molecule has 0 aromatic heterocycles. The van der Waals surface area contributed by atoms with Crippen molar-refractivity contribution in [2.75, 3.05) is 19.8 Å². The minimum absolute atomic E-state index is 0.0419. The molecule has 0 amide bonds. The van der Waals surface area contributed by atoms with Crippen LogP contribution in [0.1, 0.15) is 0 Å². The van der Waals surface area contributed by atoms with Crippen molar-refractivity contribution in [1.82, 2.24) is 4.90 Å². The number of aliphatic hydroxyl groups excluding tert-OH is 8. The standard InChI is InChI=1S/C14H25NO10/c16-2-4-8(18)11(21)7-9(19)5(1-15(4)7)24-14-13(23)12(22)10(20)6(3-17)25-14/h4-14,16-23H,1-3H2/t4-,5-,6+,7+,8+,9-,10+,11+,12-,13+,14?/m0/s1. The van der Waals surface area contributed by atoms with E-state index in [1.54, 1.807) is 0 Å². The lowest BCUT2D eigenvalue weighted by atomic mass is 9.99. The Balaban J connectivity index is 1.70. The maximum Gasteiger partial charge on any atom is 0.187 e. The molecule has 8 N–H and O–H groups in total. The van der Waals surface area contributed by atoms with Crippen LogP contribution in [0.5, 0.6) is 0 Å². The summed E-state index contributed by atoms with van der Waals surface area (Å²) in [7, 11) is 0. The summed E-state index contributed by atoms with van der Waals surface area (Å²) in [5, 5.41) is 78.5.